The maximum absolute atomic E-state index is 13.7. The van der Waals surface area contributed by atoms with Crippen LogP contribution in [0.25, 0.3) is 0 Å². The summed E-state index contributed by atoms with van der Waals surface area (Å²) in [7, 11) is 0. The van der Waals surface area contributed by atoms with E-state index in [1.165, 1.54) is 12.1 Å². The van der Waals surface area contributed by atoms with E-state index in [9.17, 15) is 14.0 Å². The van der Waals surface area contributed by atoms with Crippen molar-refractivity contribution in [1.29, 1.82) is 0 Å². The van der Waals surface area contributed by atoms with E-state index in [1.807, 2.05) is 0 Å². The zero-order valence-corrected chi connectivity index (χ0v) is 15.5. The molecule has 0 bridgehead atoms. The summed E-state index contributed by atoms with van der Waals surface area (Å²) in [5.41, 5.74) is 0.642. The van der Waals surface area contributed by atoms with Gasteiger partial charge in [-0.05, 0) is 56.7 Å². The van der Waals surface area contributed by atoms with Gasteiger partial charge in [-0.1, -0.05) is 23.7 Å². The monoisotopic (exact) mass is 378 g/mol. The van der Waals surface area contributed by atoms with E-state index in [2.05, 4.69) is 10.6 Å². The van der Waals surface area contributed by atoms with E-state index < -0.39 is 23.4 Å². The van der Waals surface area contributed by atoms with E-state index >= 15 is 0 Å². The third kappa shape index (κ3) is 6.04. The SMILES string of the molecule is CC(C)(C)OC(=O)NCc1ccc(C(=O)Nc2ccc(Cl)cc2F)cc1. The molecule has 0 aromatic heterocycles. The Balaban J connectivity index is 1.94. The number of halogens is 2. The molecule has 0 unspecified atom stereocenters. The smallest absolute Gasteiger partial charge is 0.407 e. The topological polar surface area (TPSA) is 67.4 Å². The molecule has 2 aromatic carbocycles. The fourth-order valence-corrected chi connectivity index (χ4v) is 2.21. The van der Waals surface area contributed by atoms with Gasteiger partial charge in [-0.2, -0.15) is 0 Å². The molecule has 0 heterocycles. The molecule has 138 valence electrons. The number of amides is 2. The molecule has 0 aliphatic heterocycles. The van der Waals surface area contributed by atoms with Gasteiger partial charge in [-0.3, -0.25) is 4.79 Å². The molecule has 26 heavy (non-hydrogen) atoms. The molecular weight excluding hydrogens is 359 g/mol. The highest BCUT2D eigenvalue weighted by molar-refractivity contribution is 6.30. The van der Waals surface area contributed by atoms with Gasteiger partial charge < -0.3 is 15.4 Å². The number of hydrogen-bond acceptors (Lipinski definition) is 3. The first-order valence-electron chi connectivity index (χ1n) is 7.96. The van der Waals surface area contributed by atoms with Gasteiger partial charge in [0.25, 0.3) is 5.91 Å². The first kappa shape index (κ1) is 19.7. The second-order valence-electron chi connectivity index (χ2n) is 6.63. The van der Waals surface area contributed by atoms with Gasteiger partial charge >= 0.3 is 6.09 Å². The molecule has 0 spiro atoms. The summed E-state index contributed by atoms with van der Waals surface area (Å²) in [6, 6.07) is 10.6. The highest BCUT2D eigenvalue weighted by atomic mass is 35.5. The van der Waals surface area contributed by atoms with Crippen LogP contribution in [0, 0.1) is 5.82 Å². The van der Waals surface area contributed by atoms with Gasteiger partial charge in [0.1, 0.15) is 11.4 Å². The van der Waals surface area contributed by atoms with Crippen LogP contribution in [-0.4, -0.2) is 17.6 Å². The van der Waals surface area contributed by atoms with Gasteiger partial charge in [0.15, 0.2) is 0 Å². The van der Waals surface area contributed by atoms with E-state index in [0.29, 0.717) is 5.56 Å². The fourth-order valence-electron chi connectivity index (χ4n) is 2.05. The molecule has 0 saturated heterocycles. The summed E-state index contributed by atoms with van der Waals surface area (Å²) >= 11 is 5.68. The Hall–Kier alpha value is -2.60. The Morgan fingerprint density at radius 2 is 1.77 bits per heavy atom. The average molecular weight is 379 g/mol. The van der Waals surface area contributed by atoms with Crippen LogP contribution < -0.4 is 10.6 Å². The van der Waals surface area contributed by atoms with Gasteiger partial charge in [0.2, 0.25) is 0 Å². The molecule has 2 rings (SSSR count). The lowest BCUT2D eigenvalue weighted by Crippen LogP contribution is -2.32. The van der Waals surface area contributed by atoms with Gasteiger partial charge in [0.05, 0.1) is 5.69 Å². The van der Waals surface area contributed by atoms with E-state index in [1.54, 1.807) is 45.0 Å². The third-order valence-corrected chi connectivity index (χ3v) is 3.47. The molecular formula is C19H20ClFN2O3. The number of rotatable bonds is 4. The Bertz CT molecular complexity index is 801. The van der Waals surface area contributed by atoms with E-state index in [0.717, 1.165) is 11.6 Å². The molecule has 5 nitrogen and oxygen atoms in total. The normalized spacial score (nSPS) is 11.0. The summed E-state index contributed by atoms with van der Waals surface area (Å²) in [6.07, 6.45) is -0.516. The van der Waals surface area contributed by atoms with Crippen LogP contribution in [0.3, 0.4) is 0 Å². The van der Waals surface area contributed by atoms with Crippen LogP contribution in [0.2, 0.25) is 5.02 Å². The summed E-state index contributed by atoms with van der Waals surface area (Å²) in [6.45, 7) is 5.61. The van der Waals surface area contributed by atoms with Gasteiger partial charge in [-0.15, -0.1) is 0 Å². The molecule has 0 aliphatic rings. The summed E-state index contributed by atoms with van der Waals surface area (Å²) in [5, 5.41) is 5.37. The van der Waals surface area contributed by atoms with Crippen LogP contribution in [-0.2, 0) is 11.3 Å². The average Bonchev–Trinajstić information content (AvgIpc) is 2.54. The van der Waals surface area contributed by atoms with Crippen molar-refractivity contribution in [2.75, 3.05) is 5.32 Å². The number of alkyl carbamates (subject to hydrolysis) is 1. The lowest BCUT2D eigenvalue weighted by atomic mass is 10.1. The Labute approximate surface area is 156 Å². The number of carbonyl (C=O) groups is 2. The first-order valence-corrected chi connectivity index (χ1v) is 8.34. The van der Waals surface area contributed by atoms with Crippen molar-refractivity contribution in [2.45, 2.75) is 32.9 Å². The summed E-state index contributed by atoms with van der Waals surface area (Å²) in [5.74, 6) is -1.05. The van der Waals surface area contributed by atoms with Crippen molar-refractivity contribution in [3.8, 4) is 0 Å². The molecule has 0 fully saturated rings. The molecule has 2 N–H and O–H groups in total. The molecule has 0 atom stereocenters. The Morgan fingerprint density at radius 1 is 1.12 bits per heavy atom. The van der Waals surface area contributed by atoms with E-state index in [4.69, 9.17) is 16.3 Å². The van der Waals surface area contributed by atoms with Crippen molar-refractivity contribution in [3.05, 3.63) is 64.4 Å². The van der Waals surface area contributed by atoms with Crippen molar-refractivity contribution < 1.29 is 18.7 Å². The molecule has 2 aromatic rings. The molecule has 7 heteroatoms. The number of carbonyl (C=O) groups excluding carboxylic acids is 2. The minimum absolute atomic E-state index is 0.0510. The largest absolute Gasteiger partial charge is 0.444 e. The molecule has 0 aliphatic carbocycles. The van der Waals surface area contributed by atoms with Crippen molar-refractivity contribution in [2.24, 2.45) is 0 Å². The summed E-state index contributed by atoms with van der Waals surface area (Å²) in [4.78, 5) is 23.8. The lowest BCUT2D eigenvalue weighted by molar-refractivity contribution is 0.0523. The van der Waals surface area contributed by atoms with Crippen molar-refractivity contribution in [3.63, 3.8) is 0 Å². The van der Waals surface area contributed by atoms with Crippen molar-refractivity contribution >= 4 is 29.3 Å². The standard InChI is InChI=1S/C19H20ClFN2O3/c1-19(2,3)26-18(25)22-11-12-4-6-13(7-5-12)17(24)23-16-9-8-14(20)10-15(16)21/h4-10H,11H2,1-3H3,(H,22,25)(H,23,24). The Morgan fingerprint density at radius 3 is 2.35 bits per heavy atom. The number of nitrogens with one attached hydrogen (secondary N) is 2. The van der Waals surface area contributed by atoms with Gasteiger partial charge in [-0.25, -0.2) is 9.18 Å². The fraction of sp³-hybridized carbons (Fsp3) is 0.263. The minimum atomic E-state index is -0.607. The first-order chi connectivity index (χ1) is 12.1. The van der Waals surface area contributed by atoms with Crippen LogP contribution in [0.4, 0.5) is 14.9 Å². The zero-order chi connectivity index (χ0) is 19.3. The maximum atomic E-state index is 13.7. The second kappa shape index (κ2) is 8.19. The number of anilines is 1. The zero-order valence-electron chi connectivity index (χ0n) is 14.7. The van der Waals surface area contributed by atoms with Crippen LogP contribution in [0.1, 0.15) is 36.7 Å². The highest BCUT2D eigenvalue weighted by Gasteiger charge is 2.15. The molecule has 0 saturated carbocycles. The predicted octanol–water partition coefficient (Wildman–Crippen LogP) is 4.76. The quantitative estimate of drug-likeness (QED) is 0.806. The highest BCUT2D eigenvalue weighted by Crippen LogP contribution is 2.19. The van der Waals surface area contributed by atoms with Crippen LogP contribution in [0.15, 0.2) is 42.5 Å². The minimum Gasteiger partial charge on any atom is -0.444 e. The number of ether oxygens (including phenoxy) is 1. The van der Waals surface area contributed by atoms with Crippen molar-refractivity contribution in [1.82, 2.24) is 5.32 Å². The predicted molar refractivity (Wildman–Crippen MR) is 98.9 cm³/mol. The maximum Gasteiger partial charge on any atom is 0.407 e. The molecule has 2 amide bonds. The van der Waals surface area contributed by atoms with Gasteiger partial charge in [0, 0.05) is 17.1 Å². The van der Waals surface area contributed by atoms with Crippen LogP contribution >= 0.6 is 11.6 Å². The second-order valence-corrected chi connectivity index (χ2v) is 7.07. The van der Waals surface area contributed by atoms with Crippen LogP contribution in [0.5, 0.6) is 0 Å². The number of hydrogen-bond donors (Lipinski definition) is 2. The summed E-state index contributed by atoms with van der Waals surface area (Å²) < 4.78 is 18.9. The lowest BCUT2D eigenvalue weighted by Gasteiger charge is -2.19. The molecule has 0 radical (unpaired) electrons. The Kier molecular flexibility index (Phi) is 6.21. The third-order valence-electron chi connectivity index (χ3n) is 3.23. The van der Waals surface area contributed by atoms with E-state index in [-0.39, 0.29) is 17.3 Å². The number of benzene rings is 2.